The summed E-state index contributed by atoms with van der Waals surface area (Å²) in [6, 6.07) is 4.92. The molecular formula is C13H16ClNO3. The van der Waals surface area contributed by atoms with E-state index >= 15 is 0 Å². The predicted molar refractivity (Wildman–Crippen MR) is 70.3 cm³/mol. The van der Waals surface area contributed by atoms with Crippen LogP contribution in [0.5, 0.6) is 5.75 Å². The van der Waals surface area contributed by atoms with Gasteiger partial charge >= 0.3 is 0 Å². The van der Waals surface area contributed by atoms with E-state index in [9.17, 15) is 9.59 Å². The highest BCUT2D eigenvalue weighted by Crippen LogP contribution is 2.24. The fourth-order valence-electron chi connectivity index (χ4n) is 1.57. The summed E-state index contributed by atoms with van der Waals surface area (Å²) in [5.41, 5.74) is 0.460. The Morgan fingerprint density at radius 3 is 2.67 bits per heavy atom. The highest BCUT2D eigenvalue weighted by molar-refractivity contribution is 6.31. The zero-order valence-corrected chi connectivity index (χ0v) is 11.2. The number of hydrogen-bond donors (Lipinski definition) is 1. The SMILES string of the molecule is CNC(=O)CCCC(=O)c1cc(Cl)ccc1OC. The molecular weight excluding hydrogens is 254 g/mol. The van der Waals surface area contributed by atoms with E-state index < -0.39 is 0 Å². The Hall–Kier alpha value is -1.55. The highest BCUT2D eigenvalue weighted by atomic mass is 35.5. The van der Waals surface area contributed by atoms with E-state index in [0.29, 0.717) is 35.6 Å². The normalized spacial score (nSPS) is 9.94. The van der Waals surface area contributed by atoms with Gasteiger partial charge in [-0.1, -0.05) is 11.6 Å². The van der Waals surface area contributed by atoms with Gasteiger partial charge in [-0.2, -0.15) is 0 Å². The van der Waals surface area contributed by atoms with Gasteiger partial charge in [0, 0.05) is 24.9 Å². The molecule has 0 saturated heterocycles. The number of ketones is 1. The number of benzene rings is 1. The molecule has 0 aromatic heterocycles. The van der Waals surface area contributed by atoms with Crippen molar-refractivity contribution in [2.45, 2.75) is 19.3 Å². The molecule has 0 aliphatic rings. The number of amides is 1. The molecule has 0 unspecified atom stereocenters. The van der Waals surface area contributed by atoms with Crippen LogP contribution in [0.3, 0.4) is 0 Å². The van der Waals surface area contributed by atoms with Gasteiger partial charge in [0.2, 0.25) is 5.91 Å². The Kier molecular flexibility index (Phi) is 5.65. The molecule has 4 nitrogen and oxygen atoms in total. The van der Waals surface area contributed by atoms with E-state index in [1.807, 2.05) is 0 Å². The molecule has 0 radical (unpaired) electrons. The minimum absolute atomic E-state index is 0.0686. The number of halogens is 1. The molecule has 1 N–H and O–H groups in total. The molecule has 0 heterocycles. The third-order valence-electron chi connectivity index (χ3n) is 2.55. The highest BCUT2D eigenvalue weighted by Gasteiger charge is 2.13. The van der Waals surface area contributed by atoms with Crippen molar-refractivity contribution in [2.75, 3.05) is 14.2 Å². The Balaban J connectivity index is 2.66. The van der Waals surface area contributed by atoms with Crippen molar-refractivity contribution < 1.29 is 14.3 Å². The number of hydrogen-bond acceptors (Lipinski definition) is 3. The summed E-state index contributed by atoms with van der Waals surface area (Å²) >= 11 is 5.85. The summed E-state index contributed by atoms with van der Waals surface area (Å²) in [5, 5.41) is 3.01. The van der Waals surface area contributed by atoms with Crippen molar-refractivity contribution in [1.29, 1.82) is 0 Å². The molecule has 0 spiro atoms. The topological polar surface area (TPSA) is 55.4 Å². The van der Waals surface area contributed by atoms with E-state index in [1.54, 1.807) is 25.2 Å². The van der Waals surface area contributed by atoms with Crippen molar-refractivity contribution in [1.82, 2.24) is 5.32 Å². The predicted octanol–water partition coefficient (Wildman–Crippen LogP) is 2.45. The van der Waals surface area contributed by atoms with Gasteiger partial charge in [0.15, 0.2) is 5.78 Å². The minimum Gasteiger partial charge on any atom is -0.496 e. The molecule has 1 aromatic carbocycles. The van der Waals surface area contributed by atoms with Crippen LogP contribution in [0.25, 0.3) is 0 Å². The lowest BCUT2D eigenvalue weighted by atomic mass is 10.0. The molecule has 0 saturated carbocycles. The summed E-state index contributed by atoms with van der Waals surface area (Å²) < 4.78 is 5.11. The smallest absolute Gasteiger partial charge is 0.219 e. The first-order chi connectivity index (χ1) is 8.58. The van der Waals surface area contributed by atoms with Crippen LogP contribution in [0.1, 0.15) is 29.6 Å². The van der Waals surface area contributed by atoms with Gasteiger partial charge in [-0.05, 0) is 24.6 Å². The fourth-order valence-corrected chi connectivity index (χ4v) is 1.74. The number of ether oxygens (including phenoxy) is 1. The molecule has 18 heavy (non-hydrogen) atoms. The number of carbonyl (C=O) groups excluding carboxylic acids is 2. The molecule has 0 fully saturated rings. The quantitative estimate of drug-likeness (QED) is 0.807. The standard InChI is InChI=1S/C13H16ClNO3/c1-15-13(17)5-3-4-11(16)10-8-9(14)6-7-12(10)18-2/h6-8H,3-5H2,1-2H3,(H,15,17). The van der Waals surface area contributed by atoms with E-state index in [1.165, 1.54) is 7.11 Å². The number of carbonyl (C=O) groups is 2. The summed E-state index contributed by atoms with van der Waals surface area (Å²) in [4.78, 5) is 23.0. The maximum Gasteiger partial charge on any atom is 0.219 e. The van der Waals surface area contributed by atoms with Crippen LogP contribution in [0.4, 0.5) is 0 Å². The monoisotopic (exact) mass is 269 g/mol. The summed E-state index contributed by atoms with van der Waals surface area (Å²) in [5.74, 6) is 0.364. The van der Waals surface area contributed by atoms with Crippen LogP contribution >= 0.6 is 11.6 Å². The van der Waals surface area contributed by atoms with Gasteiger partial charge in [-0.25, -0.2) is 0 Å². The third-order valence-corrected chi connectivity index (χ3v) is 2.78. The zero-order chi connectivity index (χ0) is 13.5. The van der Waals surface area contributed by atoms with Crippen molar-refractivity contribution in [2.24, 2.45) is 0 Å². The maximum atomic E-state index is 12.0. The number of methoxy groups -OCH3 is 1. The molecule has 0 bridgehead atoms. The van der Waals surface area contributed by atoms with E-state index in [2.05, 4.69) is 5.32 Å². The van der Waals surface area contributed by atoms with Crippen molar-refractivity contribution in [3.8, 4) is 5.75 Å². The maximum absolute atomic E-state index is 12.0. The second kappa shape index (κ2) is 7.01. The van der Waals surface area contributed by atoms with E-state index in [4.69, 9.17) is 16.3 Å². The Labute approximate surface area is 111 Å². The minimum atomic E-state index is -0.0711. The van der Waals surface area contributed by atoms with Crippen LogP contribution in [-0.2, 0) is 4.79 Å². The van der Waals surface area contributed by atoms with Gasteiger partial charge in [0.25, 0.3) is 0 Å². The first-order valence-electron chi connectivity index (χ1n) is 5.65. The summed E-state index contributed by atoms with van der Waals surface area (Å²) in [6.07, 6.45) is 1.14. The van der Waals surface area contributed by atoms with Crippen molar-refractivity contribution in [3.63, 3.8) is 0 Å². The van der Waals surface area contributed by atoms with Gasteiger partial charge < -0.3 is 10.1 Å². The van der Waals surface area contributed by atoms with Crippen molar-refractivity contribution >= 4 is 23.3 Å². The average Bonchev–Trinajstić information content (AvgIpc) is 2.38. The van der Waals surface area contributed by atoms with Crippen LogP contribution < -0.4 is 10.1 Å². The Morgan fingerprint density at radius 1 is 1.33 bits per heavy atom. The summed E-state index contributed by atoms with van der Waals surface area (Å²) in [7, 11) is 3.08. The van der Waals surface area contributed by atoms with Gasteiger partial charge in [-0.3, -0.25) is 9.59 Å². The second-order valence-corrected chi connectivity index (χ2v) is 4.23. The molecule has 5 heteroatoms. The van der Waals surface area contributed by atoms with Crippen LogP contribution in [0.15, 0.2) is 18.2 Å². The zero-order valence-electron chi connectivity index (χ0n) is 10.5. The summed E-state index contributed by atoms with van der Waals surface area (Å²) in [6.45, 7) is 0. The lowest BCUT2D eigenvalue weighted by Crippen LogP contribution is -2.17. The van der Waals surface area contributed by atoms with Crippen LogP contribution in [-0.4, -0.2) is 25.8 Å². The molecule has 1 amide bonds. The number of Topliss-reactive ketones (excluding diaryl/α,β-unsaturated/α-hetero) is 1. The van der Waals surface area contributed by atoms with Crippen LogP contribution in [0.2, 0.25) is 5.02 Å². The van der Waals surface area contributed by atoms with Crippen LogP contribution in [0, 0.1) is 0 Å². The fraction of sp³-hybridized carbons (Fsp3) is 0.385. The molecule has 0 atom stereocenters. The Bertz CT molecular complexity index is 446. The molecule has 0 aliphatic heterocycles. The van der Waals surface area contributed by atoms with Crippen molar-refractivity contribution in [3.05, 3.63) is 28.8 Å². The van der Waals surface area contributed by atoms with E-state index in [0.717, 1.165) is 0 Å². The largest absolute Gasteiger partial charge is 0.496 e. The first kappa shape index (κ1) is 14.5. The third kappa shape index (κ3) is 4.04. The van der Waals surface area contributed by atoms with Gasteiger partial charge in [0.05, 0.1) is 12.7 Å². The Morgan fingerprint density at radius 2 is 2.06 bits per heavy atom. The van der Waals surface area contributed by atoms with Gasteiger partial charge in [-0.15, -0.1) is 0 Å². The number of nitrogens with one attached hydrogen (secondary N) is 1. The molecule has 98 valence electrons. The lowest BCUT2D eigenvalue weighted by Gasteiger charge is -2.07. The number of rotatable bonds is 6. The second-order valence-electron chi connectivity index (χ2n) is 3.79. The lowest BCUT2D eigenvalue weighted by molar-refractivity contribution is -0.120. The molecule has 0 aliphatic carbocycles. The van der Waals surface area contributed by atoms with Gasteiger partial charge in [0.1, 0.15) is 5.75 Å². The molecule has 1 aromatic rings. The first-order valence-corrected chi connectivity index (χ1v) is 6.03. The molecule has 1 rings (SSSR count). The average molecular weight is 270 g/mol. The van der Waals surface area contributed by atoms with E-state index in [-0.39, 0.29) is 11.7 Å².